The summed E-state index contributed by atoms with van der Waals surface area (Å²) in [5.74, 6) is 0.724. The predicted molar refractivity (Wildman–Crippen MR) is 122 cm³/mol. The van der Waals surface area contributed by atoms with E-state index in [4.69, 9.17) is 21.3 Å². The summed E-state index contributed by atoms with van der Waals surface area (Å²) in [5, 5.41) is 3.99. The molecule has 1 aliphatic heterocycles. The average Bonchev–Trinajstić information content (AvgIpc) is 3.13. The van der Waals surface area contributed by atoms with Crippen molar-refractivity contribution in [1.29, 1.82) is 0 Å². The summed E-state index contributed by atoms with van der Waals surface area (Å²) in [6.45, 7) is -2.93. The third-order valence-electron chi connectivity index (χ3n) is 5.11. The Morgan fingerprint density at radius 1 is 1.06 bits per heavy atom. The largest absolute Gasteiger partial charge is 0.434 e. The predicted octanol–water partition coefficient (Wildman–Crippen LogP) is 7.11. The fourth-order valence-corrected chi connectivity index (χ4v) is 4.29. The van der Waals surface area contributed by atoms with Gasteiger partial charge in [-0.15, -0.1) is 0 Å². The Balaban J connectivity index is 1.74. The number of hydrogen-bond acceptors (Lipinski definition) is 3. The summed E-state index contributed by atoms with van der Waals surface area (Å²) in [4.78, 5) is 4.72. The summed E-state index contributed by atoms with van der Waals surface area (Å²) < 4.78 is 33.9. The molecule has 5 rings (SSSR count). The molecule has 3 aromatic carbocycles. The summed E-state index contributed by atoms with van der Waals surface area (Å²) in [7, 11) is 0. The number of allylic oxidation sites excluding steroid dienone is 1. The van der Waals surface area contributed by atoms with Crippen LogP contribution in [0.15, 0.2) is 77.3 Å². The zero-order chi connectivity index (χ0) is 21.5. The average molecular weight is 503 g/mol. The molecule has 2 heterocycles. The van der Waals surface area contributed by atoms with E-state index in [1.807, 2.05) is 47.0 Å². The number of nitrogens with zero attached hydrogens (tertiary/aromatic N) is 2. The van der Waals surface area contributed by atoms with Crippen LogP contribution in [-0.4, -0.2) is 16.2 Å². The first-order valence-corrected chi connectivity index (χ1v) is 10.6. The Labute approximate surface area is 190 Å². The number of fused-ring (bicyclic) bond motifs is 3. The van der Waals surface area contributed by atoms with E-state index in [9.17, 15) is 8.78 Å². The molecule has 0 amide bonds. The normalized spacial score (nSPS) is 15.5. The van der Waals surface area contributed by atoms with Gasteiger partial charge in [0.05, 0.1) is 17.1 Å². The smallest absolute Gasteiger partial charge is 0.387 e. The van der Waals surface area contributed by atoms with E-state index in [1.54, 1.807) is 30.3 Å². The number of anilines is 1. The van der Waals surface area contributed by atoms with Gasteiger partial charge in [0.25, 0.3) is 0 Å². The van der Waals surface area contributed by atoms with E-state index in [0.717, 1.165) is 26.8 Å². The molecule has 0 unspecified atom stereocenters. The summed E-state index contributed by atoms with van der Waals surface area (Å²) in [5.41, 5.74) is 3.97. The minimum Gasteiger partial charge on any atom is -0.434 e. The van der Waals surface area contributed by atoms with E-state index in [1.165, 1.54) is 0 Å². The van der Waals surface area contributed by atoms with E-state index in [2.05, 4.69) is 21.2 Å². The summed E-state index contributed by atoms with van der Waals surface area (Å²) in [6, 6.07) is 19.7. The van der Waals surface area contributed by atoms with Crippen molar-refractivity contribution in [2.45, 2.75) is 12.7 Å². The zero-order valence-corrected chi connectivity index (χ0v) is 18.2. The van der Waals surface area contributed by atoms with Gasteiger partial charge in [0.15, 0.2) is 0 Å². The Morgan fingerprint density at radius 3 is 2.61 bits per heavy atom. The highest BCUT2D eigenvalue weighted by Crippen LogP contribution is 2.41. The lowest BCUT2D eigenvalue weighted by Gasteiger charge is -2.28. The van der Waals surface area contributed by atoms with Crippen molar-refractivity contribution in [3.8, 4) is 5.75 Å². The van der Waals surface area contributed by atoms with Crippen LogP contribution in [0.4, 0.5) is 14.7 Å². The molecule has 1 aliphatic rings. The van der Waals surface area contributed by atoms with Gasteiger partial charge in [-0.25, -0.2) is 4.98 Å². The van der Waals surface area contributed by atoms with Crippen LogP contribution in [0, 0.1) is 0 Å². The van der Waals surface area contributed by atoms with Crippen molar-refractivity contribution < 1.29 is 13.5 Å². The number of nitrogens with one attached hydrogen (secondary N) is 1. The molecule has 0 fully saturated rings. The minimum atomic E-state index is -2.93. The maximum atomic E-state index is 13.1. The molecule has 4 aromatic rings. The second-order valence-corrected chi connectivity index (χ2v) is 8.36. The third kappa shape index (κ3) is 3.79. The maximum absolute atomic E-state index is 13.1. The van der Waals surface area contributed by atoms with E-state index >= 15 is 0 Å². The van der Waals surface area contributed by atoms with Gasteiger partial charge in [-0.05, 0) is 54.1 Å². The lowest BCUT2D eigenvalue weighted by atomic mass is 10.00. The Kier molecular flexibility index (Phi) is 5.16. The first-order valence-electron chi connectivity index (χ1n) is 9.45. The van der Waals surface area contributed by atoms with Crippen LogP contribution in [0.5, 0.6) is 5.75 Å². The third-order valence-corrected chi connectivity index (χ3v) is 5.85. The van der Waals surface area contributed by atoms with E-state index in [-0.39, 0.29) is 5.75 Å². The number of alkyl halides is 2. The highest BCUT2D eigenvalue weighted by Gasteiger charge is 2.28. The molecule has 0 bridgehead atoms. The van der Waals surface area contributed by atoms with Gasteiger partial charge in [-0.2, -0.15) is 8.78 Å². The van der Waals surface area contributed by atoms with E-state index < -0.39 is 12.7 Å². The van der Waals surface area contributed by atoms with Gasteiger partial charge in [0.1, 0.15) is 5.75 Å². The number of para-hydroxylation sites is 2. The number of ether oxygens (including phenoxy) is 1. The van der Waals surface area contributed by atoms with Crippen LogP contribution in [-0.2, 0) is 0 Å². The molecule has 0 saturated heterocycles. The van der Waals surface area contributed by atoms with Crippen molar-refractivity contribution in [2.24, 2.45) is 0 Å². The van der Waals surface area contributed by atoms with Gasteiger partial charge >= 0.3 is 6.61 Å². The van der Waals surface area contributed by atoms with Gasteiger partial charge < -0.3 is 10.1 Å². The van der Waals surface area contributed by atoms with Crippen LogP contribution in [0.2, 0.25) is 5.02 Å². The number of rotatable bonds is 4. The Morgan fingerprint density at radius 2 is 1.84 bits per heavy atom. The van der Waals surface area contributed by atoms with Crippen LogP contribution in [0.25, 0.3) is 16.7 Å². The molecule has 8 heteroatoms. The van der Waals surface area contributed by atoms with Gasteiger partial charge in [0, 0.05) is 20.8 Å². The van der Waals surface area contributed by atoms with Gasteiger partial charge in [-0.1, -0.05) is 51.8 Å². The van der Waals surface area contributed by atoms with Crippen molar-refractivity contribution in [2.75, 3.05) is 5.32 Å². The number of benzene rings is 3. The molecule has 31 heavy (non-hydrogen) atoms. The van der Waals surface area contributed by atoms with Crippen molar-refractivity contribution in [3.05, 3.63) is 93.4 Å². The molecular weight excluding hydrogens is 488 g/mol. The lowest BCUT2D eigenvalue weighted by molar-refractivity contribution is -0.0505. The highest BCUT2D eigenvalue weighted by molar-refractivity contribution is 9.10. The monoisotopic (exact) mass is 501 g/mol. The molecule has 156 valence electrons. The second kappa shape index (κ2) is 7.98. The maximum Gasteiger partial charge on any atom is 0.387 e. The minimum absolute atomic E-state index is 0.112. The lowest BCUT2D eigenvalue weighted by Crippen LogP contribution is -2.20. The van der Waals surface area contributed by atoms with Crippen molar-refractivity contribution in [1.82, 2.24) is 9.55 Å². The Hall–Kier alpha value is -2.90. The van der Waals surface area contributed by atoms with Crippen LogP contribution in [0.1, 0.15) is 17.2 Å². The molecule has 0 aliphatic carbocycles. The molecule has 4 nitrogen and oxygen atoms in total. The van der Waals surface area contributed by atoms with Gasteiger partial charge in [0.2, 0.25) is 5.95 Å². The molecular formula is C23H15BrClF2N3O. The van der Waals surface area contributed by atoms with Crippen molar-refractivity contribution >= 4 is 50.2 Å². The highest BCUT2D eigenvalue weighted by atomic mass is 79.9. The number of halogens is 4. The quantitative estimate of drug-likeness (QED) is 0.323. The first-order chi connectivity index (χ1) is 15.0. The molecule has 0 saturated carbocycles. The van der Waals surface area contributed by atoms with Crippen LogP contribution >= 0.6 is 27.5 Å². The fraction of sp³-hybridized carbons (Fsp3) is 0.0870. The topological polar surface area (TPSA) is 39.1 Å². The zero-order valence-electron chi connectivity index (χ0n) is 15.9. The number of imidazole rings is 1. The molecule has 1 N–H and O–H groups in total. The SMILES string of the molecule is FC(F)Oc1ccc(Br)cc1[C@H]1C=C(c2ccc(Cl)cc2)Nc2nc3ccccc3n21. The van der Waals surface area contributed by atoms with E-state index in [0.29, 0.717) is 16.5 Å². The first kappa shape index (κ1) is 20.0. The molecule has 0 spiro atoms. The molecule has 1 atom stereocenters. The summed E-state index contributed by atoms with van der Waals surface area (Å²) in [6.07, 6.45) is 1.98. The standard InChI is InChI=1S/C23H15BrClF2N3O/c24-14-7-10-21(31-22(26)27)16(11-14)20-12-18(13-5-8-15(25)9-6-13)29-23-28-17-3-1-2-4-19(17)30(20)23/h1-12,20,22H,(H,28,29)/t20-/m1/s1. The number of hydrogen-bond donors (Lipinski definition) is 1. The Bertz CT molecular complexity index is 1300. The fourth-order valence-electron chi connectivity index (χ4n) is 3.79. The van der Waals surface area contributed by atoms with Crippen LogP contribution in [0.3, 0.4) is 0 Å². The molecule has 0 radical (unpaired) electrons. The molecule has 1 aromatic heterocycles. The van der Waals surface area contributed by atoms with Crippen molar-refractivity contribution in [3.63, 3.8) is 0 Å². The van der Waals surface area contributed by atoms with Crippen LogP contribution < -0.4 is 10.1 Å². The second-order valence-electron chi connectivity index (χ2n) is 7.01. The summed E-state index contributed by atoms with van der Waals surface area (Å²) >= 11 is 9.51. The number of aromatic nitrogens is 2. The van der Waals surface area contributed by atoms with Gasteiger partial charge in [-0.3, -0.25) is 4.57 Å².